The van der Waals surface area contributed by atoms with E-state index < -0.39 is 0 Å². The first kappa shape index (κ1) is 10.7. The average Bonchev–Trinajstić information content (AvgIpc) is 2.74. The molecule has 0 unspecified atom stereocenters. The van der Waals surface area contributed by atoms with Gasteiger partial charge in [-0.3, -0.25) is 0 Å². The molecular formula is C13H16OS. The zero-order valence-corrected chi connectivity index (χ0v) is 9.81. The van der Waals surface area contributed by atoms with Crippen molar-refractivity contribution in [2.75, 3.05) is 0 Å². The maximum absolute atomic E-state index is 9.81. The zero-order valence-electron chi connectivity index (χ0n) is 8.99. The fourth-order valence-electron chi connectivity index (χ4n) is 1.93. The van der Waals surface area contributed by atoms with Gasteiger partial charge < -0.3 is 5.11 Å². The molecular weight excluding hydrogens is 204 g/mol. The fraction of sp³-hybridized carbons (Fsp3) is 0.462. The van der Waals surface area contributed by atoms with Crippen LogP contribution in [0.4, 0.5) is 0 Å². The van der Waals surface area contributed by atoms with Crippen molar-refractivity contribution in [3.8, 4) is 0 Å². The summed E-state index contributed by atoms with van der Waals surface area (Å²) in [4.78, 5) is 1.25. The van der Waals surface area contributed by atoms with Crippen LogP contribution in [0.5, 0.6) is 0 Å². The summed E-state index contributed by atoms with van der Waals surface area (Å²) in [6.45, 7) is 2.07. The lowest BCUT2D eigenvalue weighted by atomic mass is 9.92. The van der Waals surface area contributed by atoms with Gasteiger partial charge >= 0.3 is 0 Å². The highest BCUT2D eigenvalue weighted by molar-refractivity contribution is 7.11. The van der Waals surface area contributed by atoms with Crippen molar-refractivity contribution in [3.63, 3.8) is 0 Å². The second-order valence-electron chi connectivity index (χ2n) is 4.01. The highest BCUT2D eigenvalue weighted by Crippen LogP contribution is 2.25. The summed E-state index contributed by atoms with van der Waals surface area (Å²) < 4.78 is 0. The van der Waals surface area contributed by atoms with E-state index in [2.05, 4.69) is 24.1 Å². The third kappa shape index (κ3) is 2.60. The van der Waals surface area contributed by atoms with E-state index in [-0.39, 0.29) is 6.10 Å². The summed E-state index contributed by atoms with van der Waals surface area (Å²) in [5, 5.41) is 11.9. The van der Waals surface area contributed by atoms with Crippen molar-refractivity contribution in [1.29, 1.82) is 0 Å². The maximum atomic E-state index is 9.81. The lowest BCUT2D eigenvalue weighted by Gasteiger charge is -2.18. The molecule has 2 heteroatoms. The van der Waals surface area contributed by atoms with E-state index in [4.69, 9.17) is 0 Å². The lowest BCUT2D eigenvalue weighted by Crippen LogP contribution is -2.14. The number of hydrogen-bond donors (Lipinski definition) is 1. The van der Waals surface area contributed by atoms with Gasteiger partial charge in [0, 0.05) is 16.0 Å². The molecule has 1 heterocycles. The van der Waals surface area contributed by atoms with Crippen LogP contribution in [-0.4, -0.2) is 11.2 Å². The summed E-state index contributed by atoms with van der Waals surface area (Å²) >= 11 is 1.73. The standard InChI is InChI=1S/C13H16OS/c1-10(13-7-4-8-15-13)9-11-5-2-3-6-12(11)14/h4,7-8,12,14H,2-3,5-6H2,1H3/t9?,12-/m0/s1. The Hall–Kier alpha value is -0.820. The summed E-state index contributed by atoms with van der Waals surface area (Å²) in [5.41, 5.74) is 5.61. The minimum Gasteiger partial charge on any atom is -0.388 e. The first-order valence-corrected chi connectivity index (χ1v) is 6.33. The Morgan fingerprint density at radius 2 is 2.40 bits per heavy atom. The Balaban J connectivity index is 2.29. The van der Waals surface area contributed by atoms with Gasteiger partial charge in [0.1, 0.15) is 0 Å². The number of rotatable bonds is 1. The van der Waals surface area contributed by atoms with E-state index in [1.807, 2.05) is 6.07 Å². The summed E-state index contributed by atoms with van der Waals surface area (Å²) in [5.74, 6) is 0. The minimum absolute atomic E-state index is 0.256. The van der Waals surface area contributed by atoms with E-state index in [1.54, 1.807) is 11.3 Å². The highest BCUT2D eigenvalue weighted by Gasteiger charge is 2.15. The molecule has 1 aliphatic rings. The Morgan fingerprint density at radius 1 is 1.53 bits per heavy atom. The first-order valence-electron chi connectivity index (χ1n) is 5.45. The van der Waals surface area contributed by atoms with Crippen LogP contribution in [0.15, 0.2) is 28.8 Å². The highest BCUT2D eigenvalue weighted by atomic mass is 32.1. The monoisotopic (exact) mass is 220 g/mol. The molecule has 1 aromatic heterocycles. The molecule has 15 heavy (non-hydrogen) atoms. The van der Waals surface area contributed by atoms with Crippen LogP contribution in [0, 0.1) is 0 Å². The van der Waals surface area contributed by atoms with Gasteiger partial charge in [-0.1, -0.05) is 12.5 Å². The second-order valence-corrected chi connectivity index (χ2v) is 4.96. The van der Waals surface area contributed by atoms with Crippen LogP contribution in [0.2, 0.25) is 0 Å². The van der Waals surface area contributed by atoms with E-state index in [0.29, 0.717) is 0 Å². The van der Waals surface area contributed by atoms with Gasteiger partial charge in [0.15, 0.2) is 0 Å². The molecule has 0 spiro atoms. The van der Waals surface area contributed by atoms with Crippen molar-refractivity contribution in [2.24, 2.45) is 0 Å². The predicted molar refractivity (Wildman–Crippen MR) is 64.9 cm³/mol. The molecule has 1 saturated carbocycles. The minimum atomic E-state index is -0.256. The maximum Gasteiger partial charge on any atom is 0.0823 e. The Morgan fingerprint density at radius 3 is 3.07 bits per heavy atom. The van der Waals surface area contributed by atoms with Gasteiger partial charge in [-0.25, -0.2) is 0 Å². The third-order valence-electron chi connectivity index (χ3n) is 2.81. The topological polar surface area (TPSA) is 20.2 Å². The smallest absolute Gasteiger partial charge is 0.0823 e. The molecule has 0 amide bonds. The molecule has 0 radical (unpaired) electrons. The van der Waals surface area contributed by atoms with E-state index in [1.165, 1.54) is 11.3 Å². The van der Waals surface area contributed by atoms with Gasteiger partial charge in [0.25, 0.3) is 0 Å². The van der Waals surface area contributed by atoms with Gasteiger partial charge in [-0.15, -0.1) is 17.1 Å². The first-order chi connectivity index (χ1) is 7.27. The van der Waals surface area contributed by atoms with Crippen molar-refractivity contribution < 1.29 is 5.11 Å². The molecule has 80 valence electrons. The molecule has 1 aliphatic carbocycles. The van der Waals surface area contributed by atoms with Crippen molar-refractivity contribution in [2.45, 2.75) is 38.7 Å². The van der Waals surface area contributed by atoms with Gasteiger partial charge in [-0.2, -0.15) is 0 Å². The molecule has 1 atom stereocenters. The fourth-order valence-corrected chi connectivity index (χ4v) is 2.62. The Kier molecular flexibility index (Phi) is 3.42. The van der Waals surface area contributed by atoms with Crippen LogP contribution in [0.25, 0.3) is 5.57 Å². The summed E-state index contributed by atoms with van der Waals surface area (Å²) in [6.07, 6.45) is 3.99. The largest absolute Gasteiger partial charge is 0.388 e. The third-order valence-corrected chi connectivity index (χ3v) is 3.80. The van der Waals surface area contributed by atoms with E-state index >= 15 is 0 Å². The van der Waals surface area contributed by atoms with Crippen LogP contribution >= 0.6 is 11.3 Å². The second kappa shape index (κ2) is 4.80. The van der Waals surface area contributed by atoms with Gasteiger partial charge in [0.2, 0.25) is 0 Å². The zero-order chi connectivity index (χ0) is 10.7. The summed E-state index contributed by atoms with van der Waals surface area (Å²) in [6, 6.07) is 4.15. The van der Waals surface area contributed by atoms with Crippen molar-refractivity contribution >= 4 is 16.9 Å². The number of aliphatic hydroxyl groups is 1. The van der Waals surface area contributed by atoms with Crippen molar-refractivity contribution in [3.05, 3.63) is 33.7 Å². The Bertz CT molecular complexity index is 383. The quantitative estimate of drug-likeness (QED) is 0.717. The molecule has 0 aliphatic heterocycles. The number of thiophene rings is 1. The molecule has 0 aromatic carbocycles. The molecule has 2 rings (SSSR count). The van der Waals surface area contributed by atoms with Crippen LogP contribution < -0.4 is 0 Å². The SMILES string of the molecule is CC(=C=C1CCCC[C@@H]1O)c1cccs1. The number of aliphatic hydroxyl groups excluding tert-OH is 1. The molecule has 0 bridgehead atoms. The van der Waals surface area contributed by atoms with Gasteiger partial charge in [-0.05, 0) is 37.6 Å². The van der Waals surface area contributed by atoms with Crippen LogP contribution in [-0.2, 0) is 0 Å². The average molecular weight is 220 g/mol. The van der Waals surface area contributed by atoms with Crippen molar-refractivity contribution in [1.82, 2.24) is 0 Å². The Labute approximate surface area is 94.8 Å². The summed E-state index contributed by atoms with van der Waals surface area (Å²) in [7, 11) is 0. The molecule has 1 fully saturated rings. The van der Waals surface area contributed by atoms with Gasteiger partial charge in [0.05, 0.1) is 6.10 Å². The molecule has 1 N–H and O–H groups in total. The van der Waals surface area contributed by atoms with E-state index in [9.17, 15) is 5.11 Å². The van der Waals surface area contributed by atoms with E-state index in [0.717, 1.165) is 30.4 Å². The molecule has 0 saturated heterocycles. The normalized spacial score (nSPS) is 21.2. The lowest BCUT2D eigenvalue weighted by molar-refractivity contribution is 0.179. The van der Waals surface area contributed by atoms with Crippen LogP contribution in [0.1, 0.15) is 37.5 Å². The number of hydrogen-bond acceptors (Lipinski definition) is 2. The van der Waals surface area contributed by atoms with Crippen LogP contribution in [0.3, 0.4) is 0 Å². The molecule has 1 aromatic rings. The molecule has 1 nitrogen and oxygen atoms in total. The predicted octanol–water partition coefficient (Wildman–Crippen LogP) is 3.61.